The van der Waals surface area contributed by atoms with Crippen LogP contribution in [0.5, 0.6) is 0 Å². The lowest BCUT2D eigenvalue weighted by atomic mass is 10.3. The van der Waals surface area contributed by atoms with E-state index in [1.807, 2.05) is 18.4 Å². The van der Waals surface area contributed by atoms with E-state index in [1.165, 1.54) is 0 Å². The Balaban J connectivity index is 2.55. The first kappa shape index (κ1) is 14.9. The molecule has 5 nitrogen and oxygen atoms in total. The van der Waals surface area contributed by atoms with Crippen molar-refractivity contribution in [3.05, 3.63) is 11.6 Å². The average molecular weight is 266 g/mol. The maximum atomic E-state index is 11.9. The number of halogens is 3. The quantitative estimate of drug-likeness (QED) is 0.791. The van der Waals surface area contributed by atoms with Crippen LogP contribution in [0.1, 0.15) is 31.5 Å². The Morgan fingerprint density at radius 3 is 2.39 bits per heavy atom. The molecule has 1 heterocycles. The van der Waals surface area contributed by atoms with Crippen molar-refractivity contribution in [1.82, 2.24) is 14.8 Å². The molecular weight excluding hydrogens is 249 g/mol. The van der Waals surface area contributed by atoms with Crippen LogP contribution in [0.25, 0.3) is 0 Å². The molecular formula is C10H17F3N4O. The predicted octanol–water partition coefficient (Wildman–Crippen LogP) is 1.44. The van der Waals surface area contributed by atoms with Crippen LogP contribution in [0, 0.1) is 0 Å². The summed E-state index contributed by atoms with van der Waals surface area (Å²) in [5.74, 6) is 1.21. The summed E-state index contributed by atoms with van der Waals surface area (Å²) in [6.45, 7) is 2.82. The molecule has 0 fully saturated rings. The van der Waals surface area contributed by atoms with E-state index in [2.05, 4.69) is 14.9 Å². The van der Waals surface area contributed by atoms with Crippen LogP contribution in [0.3, 0.4) is 0 Å². The maximum absolute atomic E-state index is 11.9. The summed E-state index contributed by atoms with van der Waals surface area (Å²) in [5.41, 5.74) is 5.51. The number of hydrogen-bond donors (Lipinski definition) is 1. The second kappa shape index (κ2) is 6.14. The van der Waals surface area contributed by atoms with Gasteiger partial charge < -0.3 is 15.0 Å². The van der Waals surface area contributed by atoms with Gasteiger partial charge in [-0.15, -0.1) is 10.2 Å². The molecule has 0 saturated carbocycles. The molecule has 1 aromatic heterocycles. The highest BCUT2D eigenvalue weighted by Gasteiger charge is 2.27. The first-order valence-electron chi connectivity index (χ1n) is 5.62. The lowest BCUT2D eigenvalue weighted by Gasteiger charge is -2.13. The monoisotopic (exact) mass is 266 g/mol. The lowest BCUT2D eigenvalue weighted by Crippen LogP contribution is -2.19. The highest BCUT2D eigenvalue weighted by molar-refractivity contribution is 4.98. The van der Waals surface area contributed by atoms with E-state index in [4.69, 9.17) is 5.73 Å². The number of hydrogen-bond acceptors (Lipinski definition) is 4. The van der Waals surface area contributed by atoms with Gasteiger partial charge in [0.2, 0.25) is 0 Å². The first-order valence-corrected chi connectivity index (χ1v) is 5.62. The minimum absolute atomic E-state index is 0.0467. The van der Waals surface area contributed by atoms with Crippen LogP contribution in [0.2, 0.25) is 0 Å². The van der Waals surface area contributed by atoms with Gasteiger partial charge >= 0.3 is 6.18 Å². The summed E-state index contributed by atoms with van der Waals surface area (Å²) < 4.78 is 42.0. The average Bonchev–Trinajstić information content (AvgIpc) is 2.66. The fourth-order valence-corrected chi connectivity index (χ4v) is 1.62. The zero-order valence-corrected chi connectivity index (χ0v) is 10.4. The van der Waals surface area contributed by atoms with Gasteiger partial charge in [0.05, 0.1) is 13.2 Å². The molecule has 0 aliphatic heterocycles. The SMILES string of the molecule is CC(C)n1c(CN)nnc1CCOCC(F)(F)F. The van der Waals surface area contributed by atoms with Gasteiger partial charge in [-0.25, -0.2) is 0 Å². The topological polar surface area (TPSA) is 66.0 Å². The fourth-order valence-electron chi connectivity index (χ4n) is 1.62. The summed E-state index contributed by atoms with van der Waals surface area (Å²) in [5, 5.41) is 7.81. The van der Waals surface area contributed by atoms with Crippen LogP contribution in [-0.2, 0) is 17.7 Å². The summed E-state index contributed by atoms with van der Waals surface area (Å²) in [6, 6.07) is 0.108. The second-order valence-electron chi connectivity index (χ2n) is 4.12. The Morgan fingerprint density at radius 2 is 1.89 bits per heavy atom. The molecule has 0 spiro atoms. The molecule has 0 aromatic carbocycles. The smallest absolute Gasteiger partial charge is 0.372 e. The minimum atomic E-state index is -4.30. The number of alkyl halides is 3. The zero-order chi connectivity index (χ0) is 13.8. The minimum Gasteiger partial charge on any atom is -0.372 e. The van der Waals surface area contributed by atoms with Gasteiger partial charge in [0.15, 0.2) is 0 Å². The fraction of sp³-hybridized carbons (Fsp3) is 0.800. The van der Waals surface area contributed by atoms with E-state index in [0.29, 0.717) is 11.6 Å². The van der Waals surface area contributed by atoms with Crippen LogP contribution >= 0.6 is 0 Å². The Kier molecular flexibility index (Phi) is 5.09. The number of rotatable bonds is 6. The van der Waals surface area contributed by atoms with Crippen LogP contribution in [0.15, 0.2) is 0 Å². The normalized spacial score (nSPS) is 12.4. The van der Waals surface area contributed by atoms with Crippen molar-refractivity contribution in [2.45, 2.75) is 39.0 Å². The summed E-state index contributed by atoms with van der Waals surface area (Å²) in [4.78, 5) is 0. The molecule has 18 heavy (non-hydrogen) atoms. The maximum Gasteiger partial charge on any atom is 0.411 e. The van der Waals surface area contributed by atoms with E-state index >= 15 is 0 Å². The Labute approximate surface area is 103 Å². The van der Waals surface area contributed by atoms with E-state index < -0.39 is 12.8 Å². The van der Waals surface area contributed by atoms with Crippen molar-refractivity contribution in [3.8, 4) is 0 Å². The van der Waals surface area contributed by atoms with Gasteiger partial charge in [0.25, 0.3) is 0 Å². The molecule has 0 unspecified atom stereocenters. The van der Waals surface area contributed by atoms with Gasteiger partial charge in [-0.1, -0.05) is 0 Å². The molecule has 8 heteroatoms. The summed E-state index contributed by atoms with van der Waals surface area (Å²) in [7, 11) is 0. The van der Waals surface area contributed by atoms with E-state index in [1.54, 1.807) is 0 Å². The van der Waals surface area contributed by atoms with Gasteiger partial charge in [0.1, 0.15) is 18.3 Å². The molecule has 0 radical (unpaired) electrons. The molecule has 1 rings (SSSR count). The van der Waals surface area contributed by atoms with E-state index in [9.17, 15) is 13.2 Å². The first-order chi connectivity index (χ1) is 8.35. The third-order valence-corrected chi connectivity index (χ3v) is 2.27. The number of aromatic nitrogens is 3. The number of ether oxygens (including phenoxy) is 1. The Morgan fingerprint density at radius 1 is 1.28 bits per heavy atom. The van der Waals surface area contributed by atoms with Gasteiger partial charge in [0, 0.05) is 12.5 Å². The summed E-state index contributed by atoms with van der Waals surface area (Å²) >= 11 is 0. The standard InChI is InChI=1S/C10H17F3N4O/c1-7(2)17-8(15-16-9(17)5-14)3-4-18-6-10(11,12)13/h7H,3-6,14H2,1-2H3. The van der Waals surface area contributed by atoms with Gasteiger partial charge in [-0.2, -0.15) is 13.2 Å². The molecule has 0 bridgehead atoms. The van der Waals surface area contributed by atoms with Gasteiger partial charge in [-0.3, -0.25) is 0 Å². The molecule has 0 aliphatic rings. The third-order valence-electron chi connectivity index (χ3n) is 2.27. The van der Waals surface area contributed by atoms with Gasteiger partial charge in [-0.05, 0) is 13.8 Å². The second-order valence-corrected chi connectivity index (χ2v) is 4.12. The molecule has 0 atom stereocenters. The van der Waals surface area contributed by atoms with E-state index in [-0.39, 0.29) is 25.6 Å². The molecule has 1 aromatic rings. The molecule has 2 N–H and O–H groups in total. The molecule has 0 saturated heterocycles. The Hall–Kier alpha value is -1.15. The third kappa shape index (κ3) is 4.26. The highest BCUT2D eigenvalue weighted by Crippen LogP contribution is 2.15. The molecule has 0 amide bonds. The summed E-state index contributed by atoms with van der Waals surface area (Å²) in [6.07, 6.45) is -4.02. The predicted molar refractivity (Wildman–Crippen MR) is 58.9 cm³/mol. The van der Waals surface area contributed by atoms with Crippen LogP contribution < -0.4 is 5.73 Å². The van der Waals surface area contributed by atoms with Crippen molar-refractivity contribution < 1.29 is 17.9 Å². The van der Waals surface area contributed by atoms with E-state index in [0.717, 1.165) is 0 Å². The lowest BCUT2D eigenvalue weighted by molar-refractivity contribution is -0.173. The van der Waals surface area contributed by atoms with Crippen molar-refractivity contribution in [2.75, 3.05) is 13.2 Å². The van der Waals surface area contributed by atoms with Crippen LogP contribution in [0.4, 0.5) is 13.2 Å². The largest absolute Gasteiger partial charge is 0.411 e. The Bertz CT molecular complexity index is 376. The zero-order valence-electron chi connectivity index (χ0n) is 10.4. The van der Waals surface area contributed by atoms with Crippen molar-refractivity contribution >= 4 is 0 Å². The molecule has 104 valence electrons. The highest BCUT2D eigenvalue weighted by atomic mass is 19.4. The van der Waals surface area contributed by atoms with Crippen molar-refractivity contribution in [2.24, 2.45) is 5.73 Å². The van der Waals surface area contributed by atoms with Crippen LogP contribution in [-0.4, -0.2) is 34.2 Å². The number of nitrogens with zero attached hydrogens (tertiary/aromatic N) is 3. The van der Waals surface area contributed by atoms with Crippen molar-refractivity contribution in [1.29, 1.82) is 0 Å². The number of nitrogens with two attached hydrogens (primary N) is 1. The molecule has 0 aliphatic carbocycles. The van der Waals surface area contributed by atoms with Crippen molar-refractivity contribution in [3.63, 3.8) is 0 Å².